The predicted molar refractivity (Wildman–Crippen MR) is 71.3 cm³/mol. The van der Waals surface area contributed by atoms with Gasteiger partial charge in [0.25, 0.3) is 0 Å². The molecule has 1 atom stereocenters. The average Bonchev–Trinajstić information content (AvgIpc) is 2.35. The number of amides is 1. The van der Waals surface area contributed by atoms with E-state index >= 15 is 0 Å². The van der Waals surface area contributed by atoms with E-state index in [1.54, 1.807) is 7.11 Å². The summed E-state index contributed by atoms with van der Waals surface area (Å²) in [6.45, 7) is 4.07. The Kier molecular flexibility index (Phi) is 4.62. The first-order valence-electron chi connectivity index (χ1n) is 7.13. The zero-order valence-corrected chi connectivity index (χ0v) is 11.8. The molecule has 2 rings (SSSR count). The molecule has 1 saturated heterocycles. The molecular weight excluding hydrogens is 228 g/mol. The van der Waals surface area contributed by atoms with Gasteiger partial charge in [0.05, 0.1) is 6.10 Å². The smallest absolute Gasteiger partial charge is 0.225 e. The topological polar surface area (TPSA) is 41.6 Å². The molecule has 1 amide bonds. The number of hydrogen-bond acceptors (Lipinski definition) is 3. The second-order valence-electron chi connectivity index (χ2n) is 5.82. The van der Waals surface area contributed by atoms with Crippen molar-refractivity contribution in [2.45, 2.75) is 44.8 Å². The minimum atomic E-state index is 0.163. The van der Waals surface area contributed by atoms with Crippen LogP contribution in [-0.2, 0) is 9.53 Å². The number of carbonyl (C=O) groups excluding carboxylic acids is 1. The van der Waals surface area contributed by atoms with Crippen molar-refractivity contribution in [3.8, 4) is 0 Å². The first-order valence-corrected chi connectivity index (χ1v) is 7.13. The quantitative estimate of drug-likeness (QED) is 0.821. The summed E-state index contributed by atoms with van der Waals surface area (Å²) in [4.78, 5) is 14.4. The van der Waals surface area contributed by atoms with E-state index in [2.05, 4.69) is 12.2 Å². The summed E-state index contributed by atoms with van der Waals surface area (Å²) < 4.78 is 5.38. The summed E-state index contributed by atoms with van der Waals surface area (Å²) in [6.07, 6.45) is 4.72. The lowest BCUT2D eigenvalue weighted by atomic mass is 9.86. The van der Waals surface area contributed by atoms with Crippen molar-refractivity contribution in [1.29, 1.82) is 0 Å². The van der Waals surface area contributed by atoms with Crippen LogP contribution in [0.2, 0.25) is 0 Å². The lowest BCUT2D eigenvalue weighted by Gasteiger charge is -2.38. The minimum Gasteiger partial charge on any atom is -0.381 e. The first-order chi connectivity index (χ1) is 8.63. The van der Waals surface area contributed by atoms with Crippen LogP contribution in [0.1, 0.15) is 32.6 Å². The molecule has 0 aromatic rings. The molecule has 0 radical (unpaired) electrons. The van der Waals surface area contributed by atoms with E-state index in [9.17, 15) is 4.79 Å². The Hall–Kier alpha value is -0.610. The van der Waals surface area contributed by atoms with E-state index in [4.69, 9.17) is 4.74 Å². The zero-order chi connectivity index (χ0) is 13.1. The fourth-order valence-electron chi connectivity index (χ4n) is 3.04. The molecule has 4 nitrogen and oxygen atoms in total. The van der Waals surface area contributed by atoms with Crippen molar-refractivity contribution in [1.82, 2.24) is 10.2 Å². The fourth-order valence-corrected chi connectivity index (χ4v) is 3.04. The minimum absolute atomic E-state index is 0.163. The average molecular weight is 254 g/mol. The Morgan fingerprint density at radius 2 is 1.89 bits per heavy atom. The first kappa shape index (κ1) is 13.8. The van der Waals surface area contributed by atoms with Gasteiger partial charge >= 0.3 is 0 Å². The van der Waals surface area contributed by atoms with E-state index in [1.165, 1.54) is 0 Å². The van der Waals surface area contributed by atoms with Crippen LogP contribution in [0.25, 0.3) is 0 Å². The summed E-state index contributed by atoms with van der Waals surface area (Å²) in [7, 11) is 3.76. The Labute approximate surface area is 110 Å². The van der Waals surface area contributed by atoms with Crippen LogP contribution in [0.15, 0.2) is 0 Å². The summed E-state index contributed by atoms with van der Waals surface area (Å²) in [6, 6.07) is 0.416. The van der Waals surface area contributed by atoms with Crippen LogP contribution < -0.4 is 5.32 Å². The highest BCUT2D eigenvalue weighted by Gasteiger charge is 2.33. The third kappa shape index (κ3) is 2.86. The van der Waals surface area contributed by atoms with Gasteiger partial charge in [0.2, 0.25) is 5.91 Å². The summed E-state index contributed by atoms with van der Waals surface area (Å²) in [5.74, 6) is 1.02. The standard InChI is InChI=1S/C14H26N2O2/c1-10(11-8-15-9-11)14(17)16(2)12-4-6-13(18-3)7-5-12/h10-13,15H,4-9H2,1-3H3. The third-order valence-electron chi connectivity index (χ3n) is 4.78. The number of nitrogens with zero attached hydrogens (tertiary/aromatic N) is 1. The zero-order valence-electron chi connectivity index (χ0n) is 11.8. The molecule has 104 valence electrons. The SMILES string of the molecule is COC1CCC(N(C)C(=O)C(C)C2CNC2)CC1. The molecule has 1 unspecified atom stereocenters. The highest BCUT2D eigenvalue weighted by atomic mass is 16.5. The Morgan fingerprint density at radius 3 is 2.33 bits per heavy atom. The number of ether oxygens (including phenoxy) is 1. The number of carbonyl (C=O) groups is 1. The summed E-state index contributed by atoms with van der Waals surface area (Å²) in [5.41, 5.74) is 0. The molecule has 4 heteroatoms. The van der Waals surface area contributed by atoms with Crippen LogP contribution in [0.4, 0.5) is 0 Å². The van der Waals surface area contributed by atoms with Crippen molar-refractivity contribution in [3.63, 3.8) is 0 Å². The van der Waals surface area contributed by atoms with E-state index in [1.807, 2.05) is 11.9 Å². The number of nitrogens with one attached hydrogen (secondary N) is 1. The van der Waals surface area contributed by atoms with Crippen molar-refractivity contribution >= 4 is 5.91 Å². The van der Waals surface area contributed by atoms with Crippen LogP contribution in [0.5, 0.6) is 0 Å². The Bertz CT molecular complexity index is 284. The van der Waals surface area contributed by atoms with Gasteiger partial charge in [0.1, 0.15) is 0 Å². The molecule has 1 saturated carbocycles. The van der Waals surface area contributed by atoms with Gasteiger partial charge < -0.3 is 15.0 Å². The molecule has 1 heterocycles. The Morgan fingerprint density at radius 1 is 1.28 bits per heavy atom. The maximum absolute atomic E-state index is 12.4. The highest BCUT2D eigenvalue weighted by Crippen LogP contribution is 2.26. The van der Waals surface area contributed by atoms with E-state index in [0.717, 1.165) is 38.8 Å². The molecule has 18 heavy (non-hydrogen) atoms. The van der Waals surface area contributed by atoms with Gasteiger partial charge in [-0.15, -0.1) is 0 Å². The van der Waals surface area contributed by atoms with Gasteiger partial charge in [-0.25, -0.2) is 0 Å². The van der Waals surface area contributed by atoms with Crippen LogP contribution in [-0.4, -0.2) is 50.2 Å². The molecule has 0 aromatic carbocycles. The van der Waals surface area contributed by atoms with Gasteiger partial charge in [-0.2, -0.15) is 0 Å². The van der Waals surface area contributed by atoms with E-state index in [-0.39, 0.29) is 5.92 Å². The normalized spacial score (nSPS) is 30.6. The van der Waals surface area contributed by atoms with E-state index < -0.39 is 0 Å². The van der Waals surface area contributed by atoms with Crippen molar-refractivity contribution < 1.29 is 9.53 Å². The van der Waals surface area contributed by atoms with Crippen molar-refractivity contribution in [3.05, 3.63) is 0 Å². The number of hydrogen-bond donors (Lipinski definition) is 1. The molecule has 0 bridgehead atoms. The van der Waals surface area contributed by atoms with Crippen molar-refractivity contribution in [2.75, 3.05) is 27.2 Å². The second-order valence-corrected chi connectivity index (χ2v) is 5.82. The molecule has 2 fully saturated rings. The van der Waals surface area contributed by atoms with Crippen LogP contribution in [0, 0.1) is 11.8 Å². The highest BCUT2D eigenvalue weighted by molar-refractivity contribution is 5.79. The van der Waals surface area contributed by atoms with Crippen molar-refractivity contribution in [2.24, 2.45) is 11.8 Å². The molecule has 2 aliphatic rings. The summed E-state index contributed by atoms with van der Waals surface area (Å²) >= 11 is 0. The van der Waals surface area contributed by atoms with Gasteiger partial charge in [-0.3, -0.25) is 4.79 Å². The number of methoxy groups -OCH3 is 1. The molecule has 1 N–H and O–H groups in total. The van der Waals surface area contributed by atoms with Gasteiger partial charge in [0.15, 0.2) is 0 Å². The maximum atomic E-state index is 12.4. The second kappa shape index (κ2) is 6.02. The van der Waals surface area contributed by atoms with Crippen LogP contribution in [0.3, 0.4) is 0 Å². The lowest BCUT2D eigenvalue weighted by molar-refractivity contribution is -0.139. The van der Waals surface area contributed by atoms with Gasteiger partial charge in [-0.05, 0) is 44.7 Å². The molecule has 1 aliphatic heterocycles. The molecular formula is C14H26N2O2. The Balaban J connectivity index is 1.83. The monoisotopic (exact) mass is 254 g/mol. The number of rotatable bonds is 4. The molecule has 0 spiro atoms. The predicted octanol–water partition coefficient (Wildman–Crippen LogP) is 1.26. The lowest BCUT2D eigenvalue weighted by Crippen LogP contribution is -2.51. The van der Waals surface area contributed by atoms with Crippen LogP contribution >= 0.6 is 0 Å². The molecule has 1 aliphatic carbocycles. The summed E-state index contributed by atoms with van der Waals surface area (Å²) in [5, 5.41) is 3.24. The van der Waals surface area contributed by atoms with Gasteiger partial charge in [0, 0.05) is 26.1 Å². The fraction of sp³-hybridized carbons (Fsp3) is 0.929. The third-order valence-corrected chi connectivity index (χ3v) is 4.78. The van der Waals surface area contributed by atoms with E-state index in [0.29, 0.717) is 24.0 Å². The van der Waals surface area contributed by atoms with Gasteiger partial charge in [-0.1, -0.05) is 6.92 Å². The largest absolute Gasteiger partial charge is 0.381 e. The molecule has 0 aromatic heterocycles. The maximum Gasteiger partial charge on any atom is 0.225 e.